The molecule has 10 rings (SSSR count). The highest BCUT2D eigenvalue weighted by Gasteiger charge is 2.18. The Morgan fingerprint density at radius 1 is 0.582 bits per heavy atom. The van der Waals surface area contributed by atoms with Crippen LogP contribution in [0.25, 0.3) is 75.5 Å². The second kappa shape index (κ2) is 14.3. The summed E-state index contributed by atoms with van der Waals surface area (Å²) in [6.07, 6.45) is 20.7. The summed E-state index contributed by atoms with van der Waals surface area (Å²) in [7, 11) is 0. The Morgan fingerprint density at radius 2 is 1.27 bits per heavy atom. The van der Waals surface area contributed by atoms with Gasteiger partial charge < -0.3 is 4.57 Å². The number of fused-ring (bicyclic) bond motifs is 7. The molecule has 6 aromatic carbocycles. The lowest BCUT2D eigenvalue weighted by molar-refractivity contribution is 0.788. The molecule has 1 aliphatic carbocycles. The SMILES string of the molecule is C=CCC1C=CC=C2S/C=C/C=C(c3ccc4c(c3)c3ccccc3n4-c3ccc(-c4cccc5c4sc4c(-c6ccccc6)cccc45)cc3)\C=C\C=C/21. The first-order chi connectivity index (χ1) is 27.2. The van der Waals surface area contributed by atoms with Gasteiger partial charge in [-0.05, 0) is 87.2 Å². The highest BCUT2D eigenvalue weighted by atomic mass is 32.2. The average molecular weight is 740 g/mol. The van der Waals surface area contributed by atoms with Crippen molar-refractivity contribution in [2.24, 2.45) is 5.92 Å². The monoisotopic (exact) mass is 739 g/mol. The maximum Gasteiger partial charge on any atom is 0.0541 e. The maximum atomic E-state index is 4.00. The van der Waals surface area contributed by atoms with Crippen molar-refractivity contribution in [3.05, 3.63) is 216 Å². The normalized spacial score (nSPS) is 18.7. The molecule has 0 amide bonds. The Kier molecular flexibility index (Phi) is 8.67. The molecule has 262 valence electrons. The summed E-state index contributed by atoms with van der Waals surface area (Å²) in [5, 5.41) is 7.33. The van der Waals surface area contributed by atoms with E-state index in [1.54, 1.807) is 11.8 Å². The van der Waals surface area contributed by atoms with Crippen LogP contribution in [0.5, 0.6) is 0 Å². The molecule has 8 aromatic rings. The zero-order chi connectivity index (χ0) is 36.7. The molecule has 1 nitrogen and oxygen atoms in total. The van der Waals surface area contributed by atoms with Gasteiger partial charge in [-0.1, -0.05) is 163 Å². The second-order valence-electron chi connectivity index (χ2n) is 14.1. The van der Waals surface area contributed by atoms with E-state index in [0.717, 1.165) is 12.1 Å². The molecule has 1 atom stereocenters. The predicted octanol–water partition coefficient (Wildman–Crippen LogP) is 15.3. The maximum absolute atomic E-state index is 4.00. The number of nitrogens with zero attached hydrogens (tertiary/aromatic N) is 1. The molecule has 0 bridgehead atoms. The van der Waals surface area contributed by atoms with Crippen LogP contribution >= 0.6 is 23.1 Å². The molecule has 0 N–H and O–H groups in total. The fourth-order valence-corrected chi connectivity index (χ4v) is 10.4. The van der Waals surface area contributed by atoms with Crippen molar-refractivity contribution >= 4 is 70.6 Å². The number of hydrogen-bond donors (Lipinski definition) is 0. The Balaban J connectivity index is 1.03. The number of aromatic nitrogens is 1. The van der Waals surface area contributed by atoms with Gasteiger partial charge in [0.2, 0.25) is 0 Å². The topological polar surface area (TPSA) is 4.93 Å². The highest BCUT2D eigenvalue weighted by molar-refractivity contribution is 8.06. The molecule has 2 aromatic heterocycles. The first-order valence-electron chi connectivity index (χ1n) is 18.8. The molecule has 2 aliphatic rings. The summed E-state index contributed by atoms with van der Waals surface area (Å²) in [6, 6.07) is 49.0. The van der Waals surface area contributed by atoms with E-state index in [0.29, 0.717) is 5.92 Å². The second-order valence-corrected chi connectivity index (χ2v) is 16.0. The van der Waals surface area contributed by atoms with Crippen LogP contribution in [-0.2, 0) is 0 Å². The van der Waals surface area contributed by atoms with Gasteiger partial charge in [0.05, 0.1) is 11.0 Å². The summed E-state index contributed by atoms with van der Waals surface area (Å²) < 4.78 is 5.08. The molecule has 55 heavy (non-hydrogen) atoms. The van der Waals surface area contributed by atoms with Gasteiger partial charge >= 0.3 is 0 Å². The third kappa shape index (κ3) is 5.97. The van der Waals surface area contributed by atoms with Crippen LogP contribution < -0.4 is 0 Å². The van der Waals surface area contributed by atoms with Gasteiger partial charge in [0.15, 0.2) is 0 Å². The van der Waals surface area contributed by atoms with Gasteiger partial charge in [-0.2, -0.15) is 0 Å². The third-order valence-corrected chi connectivity index (χ3v) is 13.1. The average Bonchev–Trinajstić information content (AvgIpc) is 3.79. The number of hydrogen-bond acceptors (Lipinski definition) is 2. The Bertz CT molecular complexity index is 2980. The zero-order valence-electron chi connectivity index (χ0n) is 30.2. The van der Waals surface area contributed by atoms with Crippen molar-refractivity contribution in [2.45, 2.75) is 6.42 Å². The lowest BCUT2D eigenvalue weighted by atomic mass is 9.90. The predicted molar refractivity (Wildman–Crippen MR) is 242 cm³/mol. The van der Waals surface area contributed by atoms with E-state index in [1.807, 2.05) is 17.4 Å². The van der Waals surface area contributed by atoms with Crippen molar-refractivity contribution in [3.63, 3.8) is 0 Å². The summed E-state index contributed by atoms with van der Waals surface area (Å²) in [4.78, 5) is 1.30. The summed E-state index contributed by atoms with van der Waals surface area (Å²) in [5.74, 6) is 0.351. The quantitative estimate of drug-likeness (QED) is 0.154. The summed E-state index contributed by atoms with van der Waals surface area (Å²) in [6.45, 7) is 4.00. The van der Waals surface area contributed by atoms with Gasteiger partial charge in [-0.3, -0.25) is 0 Å². The number of allylic oxidation sites excluding steroid dienone is 11. The Morgan fingerprint density at radius 3 is 2.05 bits per heavy atom. The van der Waals surface area contributed by atoms with Crippen molar-refractivity contribution in [1.29, 1.82) is 0 Å². The molecular formula is C52H37NS2. The summed E-state index contributed by atoms with van der Waals surface area (Å²) >= 11 is 3.68. The largest absolute Gasteiger partial charge is 0.309 e. The number of benzene rings is 6. The molecule has 1 aliphatic heterocycles. The first kappa shape index (κ1) is 33.4. The molecule has 3 heteroatoms. The van der Waals surface area contributed by atoms with E-state index >= 15 is 0 Å². The van der Waals surface area contributed by atoms with Gasteiger partial charge in [0.25, 0.3) is 0 Å². The third-order valence-electron chi connectivity index (χ3n) is 10.8. The van der Waals surface area contributed by atoms with Crippen molar-refractivity contribution in [1.82, 2.24) is 4.57 Å². The van der Waals surface area contributed by atoms with E-state index in [1.165, 1.54) is 85.8 Å². The number of thiophene rings is 1. The highest BCUT2D eigenvalue weighted by Crippen LogP contribution is 2.44. The molecule has 0 saturated carbocycles. The van der Waals surface area contributed by atoms with E-state index in [9.17, 15) is 0 Å². The van der Waals surface area contributed by atoms with Crippen LogP contribution in [0.1, 0.15) is 12.0 Å². The number of rotatable bonds is 6. The first-order valence-corrected chi connectivity index (χ1v) is 20.5. The fraction of sp³-hybridized carbons (Fsp3) is 0.0385. The molecule has 0 fully saturated rings. The molecule has 0 saturated heterocycles. The number of para-hydroxylation sites is 1. The van der Waals surface area contributed by atoms with Crippen molar-refractivity contribution < 1.29 is 0 Å². The van der Waals surface area contributed by atoms with E-state index < -0.39 is 0 Å². The molecule has 1 unspecified atom stereocenters. The van der Waals surface area contributed by atoms with Crippen LogP contribution in [0.2, 0.25) is 0 Å². The zero-order valence-corrected chi connectivity index (χ0v) is 31.9. The lowest BCUT2D eigenvalue weighted by Crippen LogP contribution is -2.04. The smallest absolute Gasteiger partial charge is 0.0541 e. The van der Waals surface area contributed by atoms with Crippen LogP contribution in [0.3, 0.4) is 0 Å². The minimum atomic E-state index is 0.351. The van der Waals surface area contributed by atoms with Gasteiger partial charge in [-0.15, -0.1) is 17.9 Å². The van der Waals surface area contributed by atoms with Crippen LogP contribution in [-0.4, -0.2) is 4.57 Å². The van der Waals surface area contributed by atoms with Crippen molar-refractivity contribution in [3.8, 4) is 27.9 Å². The van der Waals surface area contributed by atoms with Crippen LogP contribution in [0, 0.1) is 5.92 Å². The minimum absolute atomic E-state index is 0.351. The van der Waals surface area contributed by atoms with E-state index in [2.05, 4.69) is 199 Å². The fourth-order valence-electron chi connectivity index (χ4n) is 8.23. The minimum Gasteiger partial charge on any atom is -0.309 e. The molecule has 3 heterocycles. The number of thioether (sulfide) groups is 1. The van der Waals surface area contributed by atoms with Gasteiger partial charge in [0.1, 0.15) is 0 Å². The van der Waals surface area contributed by atoms with E-state index in [4.69, 9.17) is 0 Å². The van der Waals surface area contributed by atoms with E-state index in [-0.39, 0.29) is 0 Å². The van der Waals surface area contributed by atoms with Gasteiger partial charge in [-0.25, -0.2) is 0 Å². The standard InChI is InChI=1S/C52H37NS2/c1-2-13-36-17-9-26-50-41(36)20-8-16-35(18-12-33-54-50)39-29-32-49-47(34-39)44-19-6-7-25-48(44)53(49)40-30-27-38(28-31-40)43-22-11-24-46-45-23-10-21-42(51(45)55-52(43)46)37-14-4-3-5-15-37/h2-12,14-34,36H,1,13H2/b16-8+,33-12+,35-18+,41-20-. The molecule has 0 spiro atoms. The Labute approximate surface area is 330 Å². The lowest BCUT2D eigenvalue weighted by Gasteiger charge is -2.20. The van der Waals surface area contributed by atoms with Crippen LogP contribution in [0.4, 0.5) is 0 Å². The van der Waals surface area contributed by atoms with Gasteiger partial charge in [0, 0.05) is 47.5 Å². The van der Waals surface area contributed by atoms with Crippen LogP contribution in [0.15, 0.2) is 211 Å². The van der Waals surface area contributed by atoms with Crippen molar-refractivity contribution in [2.75, 3.05) is 0 Å². The Hall–Kier alpha value is -6.13. The summed E-state index contributed by atoms with van der Waals surface area (Å²) in [5.41, 5.74) is 12.3. The molecule has 0 radical (unpaired) electrons. The molecular weight excluding hydrogens is 703 g/mol.